The largest absolute Gasteiger partial charge is 0.464 e. The van der Waals surface area contributed by atoms with E-state index in [1.807, 2.05) is 0 Å². The Morgan fingerprint density at radius 3 is 2.80 bits per heavy atom. The van der Waals surface area contributed by atoms with Gasteiger partial charge in [0.2, 0.25) is 0 Å². The summed E-state index contributed by atoms with van der Waals surface area (Å²) in [5.41, 5.74) is 1.27. The van der Waals surface area contributed by atoms with Crippen LogP contribution >= 0.6 is 0 Å². The summed E-state index contributed by atoms with van der Waals surface area (Å²) in [4.78, 5) is 11.4. The van der Waals surface area contributed by atoms with Gasteiger partial charge >= 0.3 is 5.97 Å². The molecular formula is C17H19NO2. The highest BCUT2D eigenvalue weighted by atomic mass is 16.5. The first-order chi connectivity index (χ1) is 9.84. The second-order valence-corrected chi connectivity index (χ2v) is 5.26. The lowest BCUT2D eigenvalue weighted by atomic mass is 10.0. The van der Waals surface area contributed by atoms with E-state index in [4.69, 9.17) is 4.74 Å². The fraction of sp³-hybridized carbons (Fsp3) is 0.353. The van der Waals surface area contributed by atoms with Gasteiger partial charge in [0.15, 0.2) is 0 Å². The van der Waals surface area contributed by atoms with Gasteiger partial charge in [0, 0.05) is 13.1 Å². The summed E-state index contributed by atoms with van der Waals surface area (Å²) >= 11 is 0. The van der Waals surface area contributed by atoms with Crippen LogP contribution in [0.4, 0.5) is 0 Å². The fourth-order valence-corrected chi connectivity index (χ4v) is 2.33. The Kier molecular flexibility index (Phi) is 3.97. The van der Waals surface area contributed by atoms with E-state index in [0.29, 0.717) is 13.2 Å². The molecule has 3 nitrogen and oxygen atoms in total. The maximum Gasteiger partial charge on any atom is 0.308 e. The van der Waals surface area contributed by atoms with Crippen molar-refractivity contribution in [3.8, 4) is 0 Å². The van der Waals surface area contributed by atoms with Crippen molar-refractivity contribution in [2.45, 2.75) is 19.4 Å². The van der Waals surface area contributed by atoms with Gasteiger partial charge in [-0.25, -0.2) is 0 Å². The molecule has 1 N–H and O–H groups in total. The van der Waals surface area contributed by atoms with Gasteiger partial charge in [-0.05, 0) is 29.2 Å². The highest BCUT2D eigenvalue weighted by molar-refractivity contribution is 5.85. The highest BCUT2D eigenvalue weighted by Crippen LogP contribution is 2.29. The topological polar surface area (TPSA) is 38.3 Å². The zero-order valence-electron chi connectivity index (χ0n) is 11.5. The molecule has 3 heteroatoms. The molecule has 20 heavy (non-hydrogen) atoms. The van der Waals surface area contributed by atoms with Crippen LogP contribution in [-0.4, -0.2) is 19.1 Å². The minimum Gasteiger partial charge on any atom is -0.464 e. The zero-order valence-corrected chi connectivity index (χ0v) is 11.5. The normalized spacial score (nSPS) is 14.4. The molecule has 0 bridgehead atoms. The van der Waals surface area contributed by atoms with E-state index in [1.165, 1.54) is 16.3 Å². The van der Waals surface area contributed by atoms with Gasteiger partial charge in [0.05, 0.1) is 5.92 Å². The van der Waals surface area contributed by atoms with Gasteiger partial charge < -0.3 is 10.1 Å². The maximum absolute atomic E-state index is 11.4. The van der Waals surface area contributed by atoms with Gasteiger partial charge in [-0.15, -0.1) is 0 Å². The van der Waals surface area contributed by atoms with Crippen molar-refractivity contribution < 1.29 is 9.53 Å². The van der Waals surface area contributed by atoms with Crippen LogP contribution in [0.15, 0.2) is 42.5 Å². The van der Waals surface area contributed by atoms with Crippen LogP contribution in [0.3, 0.4) is 0 Å². The molecule has 0 spiro atoms. The van der Waals surface area contributed by atoms with Crippen LogP contribution in [0.1, 0.15) is 18.4 Å². The first kappa shape index (κ1) is 13.1. The average molecular weight is 269 g/mol. The van der Waals surface area contributed by atoms with E-state index < -0.39 is 0 Å². The summed E-state index contributed by atoms with van der Waals surface area (Å²) in [6, 6.07) is 14.7. The molecule has 0 saturated heterocycles. The Morgan fingerprint density at radius 1 is 1.15 bits per heavy atom. The van der Waals surface area contributed by atoms with Gasteiger partial charge in [-0.2, -0.15) is 0 Å². The van der Waals surface area contributed by atoms with Gasteiger partial charge in [-0.3, -0.25) is 4.79 Å². The summed E-state index contributed by atoms with van der Waals surface area (Å²) in [6.45, 7) is 1.95. The lowest BCUT2D eigenvalue weighted by molar-refractivity contribution is -0.145. The molecule has 1 saturated carbocycles. The third-order valence-corrected chi connectivity index (χ3v) is 3.63. The molecule has 2 aromatic rings. The Balaban J connectivity index is 1.48. The number of fused-ring (bicyclic) bond motifs is 1. The third-order valence-electron chi connectivity index (χ3n) is 3.63. The van der Waals surface area contributed by atoms with Crippen LogP contribution in [0.5, 0.6) is 0 Å². The van der Waals surface area contributed by atoms with E-state index in [0.717, 1.165) is 19.4 Å². The molecule has 1 aliphatic rings. The second kappa shape index (κ2) is 6.06. The molecule has 0 aromatic heterocycles. The predicted molar refractivity (Wildman–Crippen MR) is 79.3 cm³/mol. The van der Waals surface area contributed by atoms with Crippen molar-refractivity contribution in [3.05, 3.63) is 48.0 Å². The lowest BCUT2D eigenvalue weighted by Crippen LogP contribution is -2.21. The summed E-state index contributed by atoms with van der Waals surface area (Å²) < 4.78 is 5.19. The fourth-order valence-electron chi connectivity index (χ4n) is 2.33. The van der Waals surface area contributed by atoms with E-state index in [9.17, 15) is 4.79 Å². The van der Waals surface area contributed by atoms with E-state index in [-0.39, 0.29) is 11.9 Å². The van der Waals surface area contributed by atoms with Gasteiger partial charge in [0.25, 0.3) is 0 Å². The first-order valence-electron chi connectivity index (χ1n) is 7.18. The molecule has 1 fully saturated rings. The molecule has 1 aliphatic carbocycles. The average Bonchev–Trinajstić information content (AvgIpc) is 3.31. The molecule has 3 rings (SSSR count). The highest BCUT2D eigenvalue weighted by Gasteiger charge is 2.30. The van der Waals surface area contributed by atoms with Crippen LogP contribution in [0.2, 0.25) is 0 Å². The monoisotopic (exact) mass is 269 g/mol. The number of carbonyl (C=O) groups is 1. The van der Waals surface area contributed by atoms with E-state index in [2.05, 4.69) is 47.8 Å². The van der Waals surface area contributed by atoms with Crippen molar-refractivity contribution in [1.29, 1.82) is 0 Å². The van der Waals surface area contributed by atoms with Crippen LogP contribution in [0.25, 0.3) is 10.8 Å². The van der Waals surface area contributed by atoms with Crippen molar-refractivity contribution >= 4 is 16.7 Å². The van der Waals surface area contributed by atoms with Crippen LogP contribution in [0, 0.1) is 5.92 Å². The summed E-state index contributed by atoms with van der Waals surface area (Å²) in [7, 11) is 0. The predicted octanol–water partition coefficient (Wildman–Crippen LogP) is 2.88. The SMILES string of the molecule is O=C(OCCNCc1cccc2ccccc12)C1CC1. The molecule has 0 unspecified atom stereocenters. The number of hydrogen-bond acceptors (Lipinski definition) is 3. The first-order valence-corrected chi connectivity index (χ1v) is 7.18. The summed E-state index contributed by atoms with van der Waals surface area (Å²) in [5, 5.41) is 5.86. The van der Waals surface area contributed by atoms with E-state index in [1.54, 1.807) is 0 Å². The Bertz CT molecular complexity index is 599. The number of benzene rings is 2. The minimum absolute atomic E-state index is 0.0306. The summed E-state index contributed by atoms with van der Waals surface area (Å²) in [6.07, 6.45) is 2.00. The van der Waals surface area contributed by atoms with Crippen molar-refractivity contribution in [2.75, 3.05) is 13.2 Å². The standard InChI is InChI=1S/C17H19NO2/c19-17(14-8-9-14)20-11-10-18-12-15-6-3-5-13-4-1-2-7-16(13)15/h1-7,14,18H,8-12H2. The van der Waals surface area contributed by atoms with Gasteiger partial charge in [0.1, 0.15) is 6.61 Å². The Morgan fingerprint density at radius 2 is 1.95 bits per heavy atom. The molecule has 104 valence electrons. The minimum atomic E-state index is -0.0306. The number of hydrogen-bond donors (Lipinski definition) is 1. The molecule has 0 radical (unpaired) electrons. The van der Waals surface area contributed by atoms with Gasteiger partial charge in [-0.1, -0.05) is 42.5 Å². The molecule has 0 atom stereocenters. The molecule has 0 aliphatic heterocycles. The van der Waals surface area contributed by atoms with Crippen molar-refractivity contribution in [2.24, 2.45) is 5.92 Å². The summed E-state index contributed by atoms with van der Waals surface area (Å²) in [5.74, 6) is 0.157. The Hall–Kier alpha value is -1.87. The lowest BCUT2D eigenvalue weighted by Gasteiger charge is -2.08. The second-order valence-electron chi connectivity index (χ2n) is 5.26. The quantitative estimate of drug-likeness (QED) is 0.647. The number of nitrogens with one attached hydrogen (secondary N) is 1. The number of ether oxygens (including phenoxy) is 1. The van der Waals surface area contributed by atoms with Crippen LogP contribution < -0.4 is 5.32 Å². The van der Waals surface area contributed by atoms with Crippen molar-refractivity contribution in [1.82, 2.24) is 5.32 Å². The van der Waals surface area contributed by atoms with Crippen LogP contribution in [-0.2, 0) is 16.1 Å². The maximum atomic E-state index is 11.4. The molecular weight excluding hydrogens is 250 g/mol. The third kappa shape index (κ3) is 3.17. The number of rotatable bonds is 6. The molecule has 0 heterocycles. The number of carbonyl (C=O) groups excluding carboxylic acids is 1. The smallest absolute Gasteiger partial charge is 0.308 e. The zero-order chi connectivity index (χ0) is 13.8. The van der Waals surface area contributed by atoms with E-state index >= 15 is 0 Å². The molecule has 0 amide bonds. The molecule has 2 aromatic carbocycles. The Labute approximate surface area is 118 Å². The number of esters is 1. The van der Waals surface area contributed by atoms with Crippen molar-refractivity contribution in [3.63, 3.8) is 0 Å².